The Balaban J connectivity index is 2.05. The first-order valence-electron chi connectivity index (χ1n) is 7.71. The van der Waals surface area contributed by atoms with Crippen LogP contribution in [0, 0.1) is 13.8 Å². The summed E-state index contributed by atoms with van der Waals surface area (Å²) in [6.45, 7) is 5.96. The normalized spacial score (nSPS) is 11.7. The van der Waals surface area contributed by atoms with Crippen LogP contribution in [0.4, 0.5) is 5.69 Å². The summed E-state index contributed by atoms with van der Waals surface area (Å²) in [5.74, 6) is 1.32. The maximum Gasteiger partial charge on any atom is 0.265 e. The molecule has 4 heteroatoms. The Hall–Kier alpha value is -2.49. The van der Waals surface area contributed by atoms with E-state index in [4.69, 9.17) is 9.47 Å². The summed E-state index contributed by atoms with van der Waals surface area (Å²) in [7, 11) is 1.61. The summed E-state index contributed by atoms with van der Waals surface area (Å²) in [6, 6.07) is 13.2. The standard InChI is InChI=1S/C19H23NO3/c1-5-18(23-17-11-13(2)10-14(3)12-17)19(21)20-15-6-8-16(22-4)9-7-15/h6-12,18H,5H2,1-4H3,(H,20,21). The van der Waals surface area contributed by atoms with Crippen molar-refractivity contribution in [2.75, 3.05) is 12.4 Å². The molecule has 1 unspecified atom stereocenters. The maximum absolute atomic E-state index is 12.4. The van der Waals surface area contributed by atoms with Crippen LogP contribution in [0.5, 0.6) is 11.5 Å². The molecule has 122 valence electrons. The zero-order chi connectivity index (χ0) is 16.8. The van der Waals surface area contributed by atoms with Gasteiger partial charge >= 0.3 is 0 Å². The summed E-state index contributed by atoms with van der Waals surface area (Å²) in [5.41, 5.74) is 2.95. The van der Waals surface area contributed by atoms with Gasteiger partial charge in [0.25, 0.3) is 5.91 Å². The van der Waals surface area contributed by atoms with E-state index in [2.05, 4.69) is 11.4 Å². The fourth-order valence-corrected chi connectivity index (χ4v) is 2.38. The zero-order valence-corrected chi connectivity index (χ0v) is 14.1. The highest BCUT2D eigenvalue weighted by Crippen LogP contribution is 2.20. The minimum atomic E-state index is -0.529. The Labute approximate surface area is 137 Å². The van der Waals surface area contributed by atoms with Gasteiger partial charge in [-0.2, -0.15) is 0 Å². The second-order valence-corrected chi connectivity index (χ2v) is 5.56. The molecular formula is C19H23NO3. The van der Waals surface area contributed by atoms with Gasteiger partial charge in [-0.25, -0.2) is 0 Å². The smallest absolute Gasteiger partial charge is 0.265 e. The summed E-state index contributed by atoms with van der Waals surface area (Å²) in [6.07, 6.45) is 0.0629. The van der Waals surface area contributed by atoms with Crippen molar-refractivity contribution in [3.05, 3.63) is 53.6 Å². The number of carbonyl (C=O) groups is 1. The van der Waals surface area contributed by atoms with E-state index in [1.807, 2.05) is 32.9 Å². The molecule has 0 spiro atoms. The molecule has 0 aromatic heterocycles. The Morgan fingerprint density at radius 2 is 1.65 bits per heavy atom. The van der Waals surface area contributed by atoms with E-state index in [0.29, 0.717) is 6.42 Å². The Bertz CT molecular complexity index is 645. The van der Waals surface area contributed by atoms with Crippen LogP contribution in [0.2, 0.25) is 0 Å². The highest BCUT2D eigenvalue weighted by atomic mass is 16.5. The van der Waals surface area contributed by atoms with Crippen LogP contribution in [0.25, 0.3) is 0 Å². The van der Waals surface area contributed by atoms with E-state index in [9.17, 15) is 4.79 Å². The number of aryl methyl sites for hydroxylation is 2. The summed E-state index contributed by atoms with van der Waals surface area (Å²) >= 11 is 0. The number of ether oxygens (including phenoxy) is 2. The van der Waals surface area contributed by atoms with Gasteiger partial charge in [0.1, 0.15) is 11.5 Å². The van der Waals surface area contributed by atoms with Gasteiger partial charge in [-0.05, 0) is 67.8 Å². The third-order valence-corrected chi connectivity index (χ3v) is 3.49. The van der Waals surface area contributed by atoms with E-state index in [0.717, 1.165) is 28.3 Å². The molecule has 0 heterocycles. The molecule has 0 saturated carbocycles. The number of rotatable bonds is 6. The fraction of sp³-hybridized carbons (Fsp3) is 0.316. The van der Waals surface area contributed by atoms with Crippen LogP contribution >= 0.6 is 0 Å². The fourth-order valence-electron chi connectivity index (χ4n) is 2.38. The molecule has 0 aliphatic rings. The molecule has 0 aliphatic heterocycles. The van der Waals surface area contributed by atoms with Gasteiger partial charge in [-0.3, -0.25) is 4.79 Å². The molecule has 1 amide bonds. The van der Waals surface area contributed by atoms with E-state index in [1.54, 1.807) is 31.4 Å². The third-order valence-electron chi connectivity index (χ3n) is 3.49. The first-order valence-corrected chi connectivity index (χ1v) is 7.71. The number of amides is 1. The van der Waals surface area contributed by atoms with Gasteiger partial charge in [-0.1, -0.05) is 13.0 Å². The lowest BCUT2D eigenvalue weighted by Crippen LogP contribution is -2.32. The van der Waals surface area contributed by atoms with Crippen LogP contribution in [0.15, 0.2) is 42.5 Å². The number of carbonyl (C=O) groups excluding carboxylic acids is 1. The van der Waals surface area contributed by atoms with Crippen molar-refractivity contribution in [1.82, 2.24) is 0 Å². The Morgan fingerprint density at radius 3 is 2.17 bits per heavy atom. The SMILES string of the molecule is CCC(Oc1cc(C)cc(C)c1)C(=O)Nc1ccc(OC)cc1. The summed E-state index contributed by atoms with van der Waals surface area (Å²) in [5, 5.41) is 2.87. The number of nitrogens with one attached hydrogen (secondary N) is 1. The zero-order valence-electron chi connectivity index (χ0n) is 14.1. The number of benzene rings is 2. The highest BCUT2D eigenvalue weighted by Gasteiger charge is 2.18. The molecule has 0 fully saturated rings. The number of hydrogen-bond acceptors (Lipinski definition) is 3. The van der Waals surface area contributed by atoms with Gasteiger partial charge in [0.2, 0.25) is 0 Å². The number of anilines is 1. The molecule has 0 radical (unpaired) electrons. The van der Waals surface area contributed by atoms with Crippen LogP contribution in [0.1, 0.15) is 24.5 Å². The molecule has 2 aromatic carbocycles. The molecule has 1 atom stereocenters. The average Bonchev–Trinajstić information content (AvgIpc) is 2.52. The Kier molecular flexibility index (Phi) is 5.63. The minimum Gasteiger partial charge on any atom is -0.497 e. The molecule has 23 heavy (non-hydrogen) atoms. The van der Waals surface area contributed by atoms with E-state index in [1.165, 1.54) is 0 Å². The van der Waals surface area contributed by atoms with Crippen LogP contribution in [-0.2, 0) is 4.79 Å². The van der Waals surface area contributed by atoms with Gasteiger partial charge < -0.3 is 14.8 Å². The van der Waals surface area contributed by atoms with E-state index < -0.39 is 6.10 Å². The highest BCUT2D eigenvalue weighted by molar-refractivity contribution is 5.94. The number of hydrogen-bond donors (Lipinski definition) is 1. The second kappa shape index (κ2) is 7.68. The largest absolute Gasteiger partial charge is 0.497 e. The predicted octanol–water partition coefficient (Wildman–Crippen LogP) is 4.11. The first kappa shape index (κ1) is 16.9. The van der Waals surface area contributed by atoms with E-state index in [-0.39, 0.29) is 5.91 Å². The topological polar surface area (TPSA) is 47.6 Å². The van der Waals surface area contributed by atoms with Crippen molar-refractivity contribution in [2.45, 2.75) is 33.3 Å². The number of methoxy groups -OCH3 is 1. The summed E-state index contributed by atoms with van der Waals surface area (Å²) < 4.78 is 11.0. The molecular weight excluding hydrogens is 290 g/mol. The maximum atomic E-state index is 12.4. The predicted molar refractivity (Wildman–Crippen MR) is 92.2 cm³/mol. The molecule has 4 nitrogen and oxygen atoms in total. The van der Waals surface area contributed by atoms with Crippen molar-refractivity contribution in [2.24, 2.45) is 0 Å². The molecule has 0 aliphatic carbocycles. The molecule has 2 rings (SSSR count). The molecule has 2 aromatic rings. The van der Waals surface area contributed by atoms with Crippen molar-refractivity contribution >= 4 is 11.6 Å². The van der Waals surface area contributed by atoms with Crippen molar-refractivity contribution < 1.29 is 14.3 Å². The third kappa shape index (κ3) is 4.74. The lowest BCUT2D eigenvalue weighted by molar-refractivity contribution is -0.122. The monoisotopic (exact) mass is 313 g/mol. The lowest BCUT2D eigenvalue weighted by Gasteiger charge is -2.18. The molecule has 0 bridgehead atoms. The first-order chi connectivity index (χ1) is 11.0. The average molecular weight is 313 g/mol. The minimum absolute atomic E-state index is 0.156. The van der Waals surface area contributed by atoms with Gasteiger partial charge in [0, 0.05) is 5.69 Å². The van der Waals surface area contributed by atoms with Crippen LogP contribution in [0.3, 0.4) is 0 Å². The van der Waals surface area contributed by atoms with Crippen molar-refractivity contribution in [1.29, 1.82) is 0 Å². The van der Waals surface area contributed by atoms with Gasteiger partial charge in [-0.15, -0.1) is 0 Å². The quantitative estimate of drug-likeness (QED) is 0.873. The van der Waals surface area contributed by atoms with Crippen molar-refractivity contribution in [3.63, 3.8) is 0 Å². The summed E-state index contributed by atoms with van der Waals surface area (Å²) in [4.78, 5) is 12.4. The second-order valence-electron chi connectivity index (χ2n) is 5.56. The Morgan fingerprint density at radius 1 is 1.04 bits per heavy atom. The van der Waals surface area contributed by atoms with E-state index >= 15 is 0 Å². The molecule has 1 N–H and O–H groups in total. The van der Waals surface area contributed by atoms with Crippen LogP contribution in [-0.4, -0.2) is 19.1 Å². The lowest BCUT2D eigenvalue weighted by atomic mass is 10.1. The molecule has 0 saturated heterocycles. The van der Waals surface area contributed by atoms with Crippen LogP contribution < -0.4 is 14.8 Å². The van der Waals surface area contributed by atoms with Gasteiger partial charge in [0.15, 0.2) is 6.10 Å². The van der Waals surface area contributed by atoms with Gasteiger partial charge in [0.05, 0.1) is 7.11 Å². The van der Waals surface area contributed by atoms with Crippen molar-refractivity contribution in [3.8, 4) is 11.5 Å².